The summed E-state index contributed by atoms with van der Waals surface area (Å²) in [5.41, 5.74) is 7.83. The van der Waals surface area contributed by atoms with Gasteiger partial charge in [-0.15, -0.1) is 0 Å². The molecular formula is C105H153F3O9. The van der Waals surface area contributed by atoms with E-state index >= 15 is 0 Å². The highest BCUT2D eigenvalue weighted by Gasteiger charge is 2.52. The molecule has 117 heavy (non-hydrogen) atoms. The molecule has 4 bridgehead atoms. The molecule has 0 amide bonds. The molecule has 10 atom stereocenters. The molecule has 648 valence electrons. The second-order valence-electron chi connectivity index (χ2n) is 36.8. The van der Waals surface area contributed by atoms with Crippen LogP contribution in [0.3, 0.4) is 0 Å². The van der Waals surface area contributed by atoms with E-state index in [-0.39, 0.29) is 29.8 Å². The molecule has 0 saturated heterocycles. The zero-order valence-electron chi connectivity index (χ0n) is 75.4. The number of ether oxygens (including phenoxy) is 6. The van der Waals surface area contributed by atoms with Crippen molar-refractivity contribution in [2.45, 2.75) is 364 Å². The summed E-state index contributed by atoms with van der Waals surface area (Å²) in [6.07, 6.45) is 24.4. The van der Waals surface area contributed by atoms with Crippen LogP contribution in [0, 0.1) is 35.0 Å². The number of aliphatic hydroxyl groups is 1. The van der Waals surface area contributed by atoms with Crippen molar-refractivity contribution in [2.24, 2.45) is 35.0 Å². The van der Waals surface area contributed by atoms with Crippen LogP contribution in [-0.4, -0.2) is 59.2 Å². The first-order valence-electron chi connectivity index (χ1n) is 45.5. The van der Waals surface area contributed by atoms with Crippen LogP contribution < -0.4 is 14.2 Å². The van der Waals surface area contributed by atoms with Crippen LogP contribution in [-0.2, 0) is 26.2 Å². The number of alkyl halides is 3. The van der Waals surface area contributed by atoms with Crippen LogP contribution in [0.5, 0.6) is 28.7 Å². The minimum Gasteiger partial charge on any atom is -0.508 e. The second-order valence-corrected chi connectivity index (χ2v) is 36.8. The Balaban J connectivity index is 0.000000200. The number of hydrogen-bond donors (Lipinski definition) is 3. The Morgan fingerprint density at radius 1 is 0.402 bits per heavy atom. The Morgan fingerprint density at radius 2 is 0.752 bits per heavy atom. The lowest BCUT2D eigenvalue weighted by molar-refractivity contribution is -0.258. The van der Waals surface area contributed by atoms with Crippen LogP contribution >= 0.6 is 0 Å². The van der Waals surface area contributed by atoms with Crippen molar-refractivity contribution in [2.75, 3.05) is 6.61 Å². The summed E-state index contributed by atoms with van der Waals surface area (Å²) in [6.45, 7) is 40.8. The Bertz CT molecular complexity index is 3720. The molecule has 6 saturated carbocycles. The minimum atomic E-state index is -4.66. The summed E-state index contributed by atoms with van der Waals surface area (Å²) < 4.78 is 75.1. The van der Waals surface area contributed by atoms with Crippen LogP contribution in [0.1, 0.15) is 364 Å². The van der Waals surface area contributed by atoms with Crippen molar-refractivity contribution < 1.29 is 56.9 Å². The van der Waals surface area contributed by atoms with E-state index in [0.717, 1.165) is 104 Å². The molecule has 0 aliphatic heterocycles. The molecule has 7 aromatic carbocycles. The molecule has 7 aromatic rings. The molecule has 12 heteroatoms. The Hall–Kier alpha value is -6.83. The highest BCUT2D eigenvalue weighted by molar-refractivity contribution is 5.34. The first kappa shape index (κ1) is 97.3. The van der Waals surface area contributed by atoms with E-state index in [1.807, 2.05) is 57.2 Å². The van der Waals surface area contributed by atoms with Gasteiger partial charge in [0.15, 0.2) is 11.9 Å². The molecule has 3 N–H and O–H groups in total. The number of benzene rings is 7. The van der Waals surface area contributed by atoms with Gasteiger partial charge in [0.25, 0.3) is 0 Å². The monoisotopic (exact) mass is 1620 g/mol. The highest BCUT2D eigenvalue weighted by atomic mass is 19.4. The average molecular weight is 1620 g/mol. The number of aromatic hydroxyl groups is 2. The van der Waals surface area contributed by atoms with Gasteiger partial charge < -0.3 is 43.7 Å². The van der Waals surface area contributed by atoms with E-state index in [0.29, 0.717) is 71.7 Å². The smallest absolute Gasteiger partial charge is 0.421 e. The third-order valence-corrected chi connectivity index (χ3v) is 25.8. The maximum atomic E-state index is 12.6. The molecule has 6 aliphatic carbocycles. The van der Waals surface area contributed by atoms with E-state index in [4.69, 9.17) is 38.6 Å². The van der Waals surface area contributed by atoms with Crippen LogP contribution in [0.15, 0.2) is 170 Å². The molecular weight excluding hydrogens is 1460 g/mol. The molecule has 13 rings (SSSR count). The Labute approximate surface area is 706 Å². The molecule has 10 unspecified atom stereocenters. The number of halogens is 3. The third-order valence-electron chi connectivity index (χ3n) is 25.8. The van der Waals surface area contributed by atoms with Crippen molar-refractivity contribution in [1.29, 1.82) is 0 Å². The van der Waals surface area contributed by atoms with Crippen LogP contribution in [0.2, 0.25) is 0 Å². The predicted molar refractivity (Wildman–Crippen MR) is 479 cm³/mol. The fraction of sp³-hybridized carbons (Fsp3) is 0.600. The highest BCUT2D eigenvalue weighted by Crippen LogP contribution is 2.55. The summed E-state index contributed by atoms with van der Waals surface area (Å²) >= 11 is 0. The SMILES string of the molecule is CCC(C)c1ccc(C(C)(O)C(F)(F)F)cc1.CCC(C)c1ccc(O)cc1.CCC(C)c1ccc(O)cc1.CCC(C)c1ccc(OC(C)OCCc2ccc(C3CCCCC3)cc2)cc1.CCC(C)c1ccc(OC(CC(C)(C)C)OC2CCCCC2)cc1.CCC(C)c1ccc(OC(OC2C3CC4CC(C3)CC2C4)C(C)C)cc1. The maximum absolute atomic E-state index is 12.6. The summed E-state index contributed by atoms with van der Waals surface area (Å²) in [6, 6.07) is 55.7. The normalized spacial score (nSPS) is 20.8. The van der Waals surface area contributed by atoms with E-state index in [1.165, 1.54) is 154 Å². The maximum Gasteiger partial charge on any atom is 0.421 e. The quantitative estimate of drug-likeness (QED) is 0.0379. The van der Waals surface area contributed by atoms with Gasteiger partial charge in [0, 0.05) is 12.3 Å². The summed E-state index contributed by atoms with van der Waals surface area (Å²) in [5, 5.41) is 27.5. The van der Waals surface area contributed by atoms with Gasteiger partial charge >= 0.3 is 6.18 Å². The van der Waals surface area contributed by atoms with Gasteiger partial charge in [-0.05, 0) is 298 Å². The standard InChI is InChI=1S/C26H36O2.C24H36O2.C22H36O2.C13H17F3O.2C10H14O/c1-4-20(2)23-14-16-26(17-15-23)28-21(3)27-19-18-22-10-12-25(13-11-22)24-8-6-5-7-9-24;1-5-16(4)19-6-8-22(9-7-19)25-24(15(2)3)26-23-20-11-17-10-18(13-20)14-21(23)12-17;1-6-17(2)18-12-14-20(15-13-18)24-21(16-22(3,4)5)23-19-10-8-7-9-11-19;1-4-9(2)10-5-7-11(8-6-10)12(3,17)13(14,15)16;2*1-3-8(2)9-4-6-10(11)7-5-9/h10-17,20-21,24H,4-9,18-19H2,1-3H3;6-9,15-18,20-21,23-24H,5,10-14H2,1-4H3;12-15,17,19,21H,6-11,16H2,1-5H3;5-9,17H,4H2,1-3H3;2*4-8,11H,3H2,1-2H3. The zero-order chi connectivity index (χ0) is 85.4. The lowest BCUT2D eigenvalue weighted by Crippen LogP contribution is -2.51. The average Bonchev–Trinajstić information content (AvgIpc) is 0.762. The van der Waals surface area contributed by atoms with Gasteiger partial charge in [-0.2, -0.15) is 13.2 Å². The van der Waals surface area contributed by atoms with E-state index in [9.17, 15) is 18.3 Å². The number of phenolic OH excluding ortho intramolecular Hbond substituents is 2. The summed E-state index contributed by atoms with van der Waals surface area (Å²) in [5.74, 6) is 11.4. The fourth-order valence-corrected chi connectivity index (χ4v) is 16.8. The van der Waals surface area contributed by atoms with Crippen LogP contribution in [0.4, 0.5) is 13.2 Å². The van der Waals surface area contributed by atoms with Gasteiger partial charge in [-0.1, -0.05) is 265 Å². The predicted octanol–water partition coefficient (Wildman–Crippen LogP) is 30.1. The largest absolute Gasteiger partial charge is 0.508 e. The first-order chi connectivity index (χ1) is 55.7. The number of hydrogen-bond acceptors (Lipinski definition) is 9. The Kier molecular flexibility index (Phi) is 40.4. The summed E-state index contributed by atoms with van der Waals surface area (Å²) in [4.78, 5) is 0. The number of rotatable bonds is 30. The van der Waals surface area contributed by atoms with Crippen LogP contribution in [0.25, 0.3) is 0 Å². The number of phenols is 2. The topological polar surface area (TPSA) is 116 Å². The van der Waals surface area contributed by atoms with Gasteiger partial charge in [0.05, 0.1) is 18.8 Å². The van der Waals surface area contributed by atoms with E-state index in [2.05, 4.69) is 189 Å². The molecule has 6 fully saturated rings. The zero-order valence-corrected chi connectivity index (χ0v) is 75.4. The molecule has 0 radical (unpaired) electrons. The van der Waals surface area contributed by atoms with Gasteiger partial charge in [-0.25, -0.2) is 0 Å². The molecule has 0 spiro atoms. The molecule has 0 heterocycles. The van der Waals surface area contributed by atoms with E-state index < -0.39 is 11.8 Å². The molecule has 0 aromatic heterocycles. The fourth-order valence-electron chi connectivity index (χ4n) is 16.8. The lowest BCUT2D eigenvalue weighted by Gasteiger charge is -2.54. The second kappa shape index (κ2) is 48.6. The van der Waals surface area contributed by atoms with Crippen molar-refractivity contribution in [3.8, 4) is 28.7 Å². The first-order valence-corrected chi connectivity index (χ1v) is 45.5. The van der Waals surface area contributed by atoms with Gasteiger partial charge in [0.1, 0.15) is 28.7 Å². The minimum absolute atomic E-state index is 0.128. The van der Waals surface area contributed by atoms with Gasteiger partial charge in [0.2, 0.25) is 12.6 Å². The Morgan fingerprint density at radius 3 is 1.11 bits per heavy atom. The van der Waals surface area contributed by atoms with E-state index in [1.54, 1.807) is 36.4 Å². The summed E-state index contributed by atoms with van der Waals surface area (Å²) in [7, 11) is 0. The molecule has 9 nitrogen and oxygen atoms in total. The lowest BCUT2D eigenvalue weighted by atomic mass is 9.55. The van der Waals surface area contributed by atoms with Crippen molar-refractivity contribution >= 4 is 0 Å². The third kappa shape index (κ3) is 32.3. The van der Waals surface area contributed by atoms with Crippen molar-refractivity contribution in [1.82, 2.24) is 0 Å². The van der Waals surface area contributed by atoms with Crippen molar-refractivity contribution in [3.05, 3.63) is 220 Å². The molecule has 6 aliphatic rings. The van der Waals surface area contributed by atoms with Crippen molar-refractivity contribution in [3.63, 3.8) is 0 Å². The van der Waals surface area contributed by atoms with Gasteiger partial charge in [-0.3, -0.25) is 0 Å².